The van der Waals surface area contributed by atoms with E-state index >= 15 is 0 Å². The lowest BCUT2D eigenvalue weighted by atomic mass is 10.3. The molecule has 5 heteroatoms. The lowest BCUT2D eigenvalue weighted by Crippen LogP contribution is -2.24. The normalized spacial score (nSPS) is 10.1. The Labute approximate surface area is 94.4 Å². The van der Waals surface area contributed by atoms with E-state index in [0.717, 1.165) is 18.8 Å². The Hall–Kier alpha value is -1.62. The van der Waals surface area contributed by atoms with Crippen molar-refractivity contribution in [2.24, 2.45) is 0 Å². The van der Waals surface area contributed by atoms with Crippen molar-refractivity contribution in [3.63, 3.8) is 0 Å². The number of aliphatic hydroxyl groups is 1. The molecule has 0 saturated carbocycles. The molecular formula is C11H16N2O3. The van der Waals surface area contributed by atoms with Gasteiger partial charge in [-0.2, -0.15) is 0 Å². The molecule has 0 aliphatic carbocycles. The molecule has 1 aromatic heterocycles. The van der Waals surface area contributed by atoms with Gasteiger partial charge in [-0.15, -0.1) is 0 Å². The van der Waals surface area contributed by atoms with Gasteiger partial charge >= 0.3 is 5.97 Å². The number of hydrogen-bond donors (Lipinski definition) is 2. The summed E-state index contributed by atoms with van der Waals surface area (Å²) in [7, 11) is 0. The molecule has 0 saturated heterocycles. The number of aliphatic hydroxyl groups excluding tert-OH is 1. The maximum Gasteiger partial charge on any atom is 0.354 e. The van der Waals surface area contributed by atoms with E-state index in [-0.39, 0.29) is 12.3 Å². The summed E-state index contributed by atoms with van der Waals surface area (Å²) < 4.78 is 0. The molecular weight excluding hydrogens is 208 g/mol. The molecule has 88 valence electrons. The van der Waals surface area contributed by atoms with Crippen LogP contribution in [0.3, 0.4) is 0 Å². The third kappa shape index (κ3) is 3.20. The molecule has 1 heterocycles. The first-order chi connectivity index (χ1) is 7.69. The number of pyridine rings is 1. The smallest absolute Gasteiger partial charge is 0.354 e. The van der Waals surface area contributed by atoms with Crippen LogP contribution in [-0.2, 0) is 0 Å². The number of carboxylic acid groups (broad SMARTS) is 1. The lowest BCUT2D eigenvalue weighted by molar-refractivity contribution is 0.0690. The fourth-order valence-corrected chi connectivity index (χ4v) is 1.43. The highest BCUT2D eigenvalue weighted by Crippen LogP contribution is 2.13. The Morgan fingerprint density at radius 1 is 1.50 bits per heavy atom. The summed E-state index contributed by atoms with van der Waals surface area (Å²) >= 11 is 0. The van der Waals surface area contributed by atoms with E-state index in [1.54, 1.807) is 12.3 Å². The van der Waals surface area contributed by atoms with Crippen molar-refractivity contribution in [3.05, 3.63) is 24.0 Å². The number of carbonyl (C=O) groups is 1. The van der Waals surface area contributed by atoms with E-state index in [1.165, 1.54) is 6.07 Å². The van der Waals surface area contributed by atoms with E-state index in [1.807, 2.05) is 11.8 Å². The molecule has 0 bridgehead atoms. The fraction of sp³-hybridized carbons (Fsp3) is 0.455. The van der Waals surface area contributed by atoms with Crippen LogP contribution in [0.15, 0.2) is 18.3 Å². The quantitative estimate of drug-likeness (QED) is 0.753. The molecule has 16 heavy (non-hydrogen) atoms. The minimum atomic E-state index is -1.02. The summed E-state index contributed by atoms with van der Waals surface area (Å²) in [6.07, 6.45) is 2.23. The molecule has 0 aliphatic heterocycles. The van der Waals surface area contributed by atoms with Gasteiger partial charge in [0.05, 0.1) is 11.9 Å². The number of aromatic carboxylic acids is 1. The van der Waals surface area contributed by atoms with Gasteiger partial charge in [0.1, 0.15) is 5.69 Å². The number of anilines is 1. The van der Waals surface area contributed by atoms with Gasteiger partial charge < -0.3 is 15.1 Å². The van der Waals surface area contributed by atoms with Crippen LogP contribution in [0.4, 0.5) is 5.69 Å². The van der Waals surface area contributed by atoms with Crippen LogP contribution in [-0.4, -0.2) is 40.9 Å². The van der Waals surface area contributed by atoms with Gasteiger partial charge in [-0.3, -0.25) is 0 Å². The zero-order valence-corrected chi connectivity index (χ0v) is 9.26. The van der Waals surface area contributed by atoms with Crippen LogP contribution in [0.25, 0.3) is 0 Å². The maximum absolute atomic E-state index is 10.6. The van der Waals surface area contributed by atoms with Crippen LogP contribution < -0.4 is 4.90 Å². The highest BCUT2D eigenvalue weighted by molar-refractivity contribution is 5.85. The van der Waals surface area contributed by atoms with Crippen LogP contribution >= 0.6 is 0 Å². The first kappa shape index (κ1) is 12.4. The molecule has 0 radical (unpaired) electrons. The summed E-state index contributed by atoms with van der Waals surface area (Å²) in [6.45, 7) is 3.69. The Morgan fingerprint density at radius 2 is 2.25 bits per heavy atom. The number of carboxylic acids is 1. The van der Waals surface area contributed by atoms with Crippen molar-refractivity contribution >= 4 is 11.7 Å². The largest absolute Gasteiger partial charge is 0.477 e. The molecule has 0 spiro atoms. The van der Waals surface area contributed by atoms with Crippen LogP contribution in [0, 0.1) is 0 Å². The first-order valence-corrected chi connectivity index (χ1v) is 5.24. The standard InChI is InChI=1S/C11H16N2O3/c1-2-13(6-3-7-14)9-4-5-10(11(15)16)12-8-9/h4-5,8,14H,2-3,6-7H2,1H3,(H,15,16). The SMILES string of the molecule is CCN(CCCO)c1ccc(C(=O)O)nc1. The van der Waals surface area contributed by atoms with Gasteiger partial charge in [-0.05, 0) is 25.5 Å². The van der Waals surface area contributed by atoms with Gasteiger partial charge in [0.25, 0.3) is 0 Å². The molecule has 0 fully saturated rings. The monoisotopic (exact) mass is 224 g/mol. The van der Waals surface area contributed by atoms with Crippen molar-refractivity contribution in [1.82, 2.24) is 4.98 Å². The predicted octanol–water partition coefficient (Wildman–Crippen LogP) is 0.989. The van der Waals surface area contributed by atoms with Crippen molar-refractivity contribution in [2.75, 3.05) is 24.6 Å². The van der Waals surface area contributed by atoms with Gasteiger partial charge in [0.2, 0.25) is 0 Å². The summed E-state index contributed by atoms with van der Waals surface area (Å²) in [5.41, 5.74) is 0.919. The Balaban J connectivity index is 2.74. The minimum absolute atomic E-state index is 0.0435. The second-order valence-corrected chi connectivity index (χ2v) is 3.36. The van der Waals surface area contributed by atoms with E-state index in [2.05, 4.69) is 4.98 Å². The van der Waals surface area contributed by atoms with E-state index in [9.17, 15) is 4.79 Å². The maximum atomic E-state index is 10.6. The van der Waals surface area contributed by atoms with Gasteiger partial charge in [-0.25, -0.2) is 9.78 Å². The average molecular weight is 224 g/mol. The molecule has 0 aliphatic rings. The molecule has 0 amide bonds. The minimum Gasteiger partial charge on any atom is -0.477 e. The second-order valence-electron chi connectivity index (χ2n) is 3.36. The average Bonchev–Trinajstić information content (AvgIpc) is 2.30. The molecule has 0 unspecified atom stereocenters. The lowest BCUT2D eigenvalue weighted by Gasteiger charge is -2.22. The molecule has 0 atom stereocenters. The van der Waals surface area contributed by atoms with Crippen molar-refractivity contribution in [3.8, 4) is 0 Å². The van der Waals surface area contributed by atoms with Crippen LogP contribution in [0.1, 0.15) is 23.8 Å². The highest BCUT2D eigenvalue weighted by atomic mass is 16.4. The fourth-order valence-electron chi connectivity index (χ4n) is 1.43. The van der Waals surface area contributed by atoms with Crippen LogP contribution in [0.5, 0.6) is 0 Å². The predicted molar refractivity (Wildman–Crippen MR) is 60.8 cm³/mol. The Morgan fingerprint density at radius 3 is 2.69 bits per heavy atom. The first-order valence-electron chi connectivity index (χ1n) is 5.24. The molecule has 1 aromatic rings. The number of hydrogen-bond acceptors (Lipinski definition) is 4. The summed E-state index contributed by atoms with van der Waals surface area (Å²) in [4.78, 5) is 16.5. The van der Waals surface area contributed by atoms with Crippen molar-refractivity contribution in [1.29, 1.82) is 0 Å². The zero-order chi connectivity index (χ0) is 12.0. The topological polar surface area (TPSA) is 73.7 Å². The van der Waals surface area contributed by atoms with E-state index in [0.29, 0.717) is 6.42 Å². The van der Waals surface area contributed by atoms with Crippen molar-refractivity contribution in [2.45, 2.75) is 13.3 Å². The van der Waals surface area contributed by atoms with Gasteiger partial charge in [0.15, 0.2) is 0 Å². The molecule has 1 rings (SSSR count). The van der Waals surface area contributed by atoms with E-state index < -0.39 is 5.97 Å². The summed E-state index contributed by atoms with van der Waals surface area (Å²) in [6, 6.07) is 3.22. The second kappa shape index (κ2) is 6.07. The number of nitrogens with zero attached hydrogens (tertiary/aromatic N) is 2. The van der Waals surface area contributed by atoms with Gasteiger partial charge in [-0.1, -0.05) is 0 Å². The number of aromatic nitrogens is 1. The summed E-state index contributed by atoms with van der Waals surface area (Å²) in [5, 5.41) is 17.5. The molecule has 5 nitrogen and oxygen atoms in total. The number of rotatable bonds is 6. The van der Waals surface area contributed by atoms with E-state index in [4.69, 9.17) is 10.2 Å². The van der Waals surface area contributed by atoms with Crippen molar-refractivity contribution < 1.29 is 15.0 Å². The van der Waals surface area contributed by atoms with Gasteiger partial charge in [0, 0.05) is 19.7 Å². The summed E-state index contributed by atoms with van der Waals surface area (Å²) in [5.74, 6) is -1.02. The highest BCUT2D eigenvalue weighted by Gasteiger charge is 2.07. The van der Waals surface area contributed by atoms with Crippen LogP contribution in [0.2, 0.25) is 0 Å². The molecule has 0 aromatic carbocycles. The Bertz CT molecular complexity index is 338. The zero-order valence-electron chi connectivity index (χ0n) is 9.26. The third-order valence-electron chi connectivity index (χ3n) is 2.30. The Kier molecular flexibility index (Phi) is 4.72. The third-order valence-corrected chi connectivity index (χ3v) is 2.30. The molecule has 2 N–H and O–H groups in total.